The fourth-order valence-corrected chi connectivity index (χ4v) is 10.3. The Morgan fingerprint density at radius 1 is 1.15 bits per heavy atom. The fourth-order valence-electron chi connectivity index (χ4n) is 10.3. The summed E-state index contributed by atoms with van der Waals surface area (Å²) in [5.41, 5.74) is -1.18. The molecule has 11 atom stereocenters. The Labute approximate surface area is 239 Å². The first-order valence-electron chi connectivity index (χ1n) is 15.1. The third kappa shape index (κ3) is 4.12. The molecule has 1 saturated heterocycles. The summed E-state index contributed by atoms with van der Waals surface area (Å²) in [6, 6.07) is 0. The van der Waals surface area contributed by atoms with Crippen molar-refractivity contribution in [1.82, 2.24) is 0 Å². The zero-order chi connectivity index (χ0) is 29.6. The molecule has 2 saturated carbocycles. The predicted molar refractivity (Wildman–Crippen MR) is 151 cm³/mol. The van der Waals surface area contributed by atoms with Gasteiger partial charge in [0.25, 0.3) is 0 Å². The molecule has 0 amide bonds. The minimum Gasteiger partial charge on any atom is -0.462 e. The number of esters is 1. The first-order valence-corrected chi connectivity index (χ1v) is 15.1. The molecule has 1 aliphatic heterocycles. The van der Waals surface area contributed by atoms with Crippen LogP contribution in [0.5, 0.6) is 0 Å². The molecule has 3 fully saturated rings. The number of rotatable bonds is 5. The van der Waals surface area contributed by atoms with Gasteiger partial charge in [0, 0.05) is 30.8 Å². The van der Waals surface area contributed by atoms with E-state index in [1.165, 1.54) is 12.5 Å². The molecule has 0 radical (unpaired) electrons. The number of aliphatic hydroxyl groups excluding tert-OH is 1. The highest BCUT2D eigenvalue weighted by Gasteiger charge is 2.69. The molecule has 1 heterocycles. The van der Waals surface area contributed by atoms with Crippen LogP contribution in [0.2, 0.25) is 0 Å². The van der Waals surface area contributed by atoms with Crippen LogP contribution in [-0.4, -0.2) is 59.3 Å². The van der Waals surface area contributed by atoms with E-state index in [0.29, 0.717) is 12.8 Å². The fraction of sp³-hybridized carbons (Fsp3) is 0.818. The number of hydrogen-bond donors (Lipinski definition) is 2. The molecule has 0 aromatic heterocycles. The van der Waals surface area contributed by atoms with E-state index in [4.69, 9.17) is 14.2 Å². The Hall–Kier alpha value is -1.54. The maximum Gasteiger partial charge on any atom is 0.302 e. The van der Waals surface area contributed by atoms with Crippen molar-refractivity contribution in [3.05, 3.63) is 23.8 Å². The number of carbonyl (C=O) groups is 2. The first-order chi connectivity index (χ1) is 18.4. The molecule has 5 rings (SSSR count). The molecule has 7 heteroatoms. The summed E-state index contributed by atoms with van der Waals surface area (Å²) in [4.78, 5) is 25.5. The van der Waals surface area contributed by atoms with Gasteiger partial charge in [0.15, 0.2) is 12.1 Å². The van der Waals surface area contributed by atoms with E-state index in [1.54, 1.807) is 27.0 Å². The molecule has 0 bridgehead atoms. The van der Waals surface area contributed by atoms with Gasteiger partial charge in [-0.1, -0.05) is 52.3 Å². The van der Waals surface area contributed by atoms with Crippen molar-refractivity contribution in [2.24, 2.45) is 45.3 Å². The number of hydrogen-bond acceptors (Lipinski definition) is 7. The molecule has 0 spiro atoms. The van der Waals surface area contributed by atoms with Crippen molar-refractivity contribution < 1.29 is 34.0 Å². The smallest absolute Gasteiger partial charge is 0.302 e. The summed E-state index contributed by atoms with van der Waals surface area (Å²) >= 11 is 0. The Bertz CT molecular complexity index is 1120. The van der Waals surface area contributed by atoms with Crippen molar-refractivity contribution in [3.63, 3.8) is 0 Å². The second kappa shape index (κ2) is 9.48. The molecule has 40 heavy (non-hydrogen) atoms. The van der Waals surface area contributed by atoms with Gasteiger partial charge in [0.05, 0.1) is 11.7 Å². The molecule has 224 valence electrons. The van der Waals surface area contributed by atoms with Crippen molar-refractivity contribution in [2.45, 2.75) is 118 Å². The third-order valence-corrected chi connectivity index (χ3v) is 12.3. The molecular weight excluding hydrogens is 508 g/mol. The van der Waals surface area contributed by atoms with Crippen molar-refractivity contribution in [1.29, 1.82) is 0 Å². The second-order valence-electron chi connectivity index (χ2n) is 15.2. The highest BCUT2D eigenvalue weighted by molar-refractivity contribution is 5.95. The van der Waals surface area contributed by atoms with Gasteiger partial charge in [-0.3, -0.25) is 9.59 Å². The number of ketones is 1. The number of ether oxygens (including phenoxy) is 3. The van der Waals surface area contributed by atoms with Crippen LogP contribution in [0.25, 0.3) is 0 Å². The lowest BCUT2D eigenvalue weighted by atomic mass is 9.38. The summed E-state index contributed by atoms with van der Waals surface area (Å²) < 4.78 is 18.2. The van der Waals surface area contributed by atoms with Crippen molar-refractivity contribution in [3.8, 4) is 0 Å². The Morgan fingerprint density at radius 3 is 2.42 bits per heavy atom. The highest BCUT2D eigenvalue weighted by atomic mass is 16.7. The molecular formula is C33H50O7. The number of methoxy groups -OCH3 is 1. The maximum absolute atomic E-state index is 13.0. The summed E-state index contributed by atoms with van der Waals surface area (Å²) in [6.07, 6.45) is 8.11. The van der Waals surface area contributed by atoms with Gasteiger partial charge in [-0.25, -0.2) is 0 Å². The SMILES string of the molecule is CO[C@@H]1O[C@H]([C@H](O)C(C)(C)O)C[C@H]1[C@@H]1CC=C2[C@@]3(C)[C@H](CC[C@]21C)[C@@]1(C)C=CC(=O)C(C)(C)[C@@H]1C[C@H]3OC(C)=O. The topological polar surface area (TPSA) is 102 Å². The molecule has 0 aromatic carbocycles. The largest absolute Gasteiger partial charge is 0.462 e. The summed E-state index contributed by atoms with van der Waals surface area (Å²) in [5, 5.41) is 21.3. The number of aliphatic hydroxyl groups is 2. The number of carbonyl (C=O) groups excluding carboxylic acids is 2. The number of allylic oxidation sites excluding steroid dienone is 3. The van der Waals surface area contributed by atoms with Crippen LogP contribution < -0.4 is 0 Å². The van der Waals surface area contributed by atoms with Gasteiger partial charge in [0.2, 0.25) is 0 Å². The van der Waals surface area contributed by atoms with E-state index in [9.17, 15) is 19.8 Å². The minimum absolute atomic E-state index is 0.0520. The quantitative estimate of drug-likeness (QED) is 0.362. The Balaban J connectivity index is 1.53. The number of fused-ring (bicyclic) bond motifs is 5. The van der Waals surface area contributed by atoms with Crippen LogP contribution in [0.3, 0.4) is 0 Å². The van der Waals surface area contributed by atoms with Crippen LogP contribution in [-0.2, 0) is 23.8 Å². The highest BCUT2D eigenvalue weighted by Crippen LogP contribution is 2.72. The standard InChI is InChI=1S/C33H50O7/c1-18(34)39-26-17-24-29(2,3)25(35)13-15-32(24,7)23-12-14-31(6)20(10-11-22(31)33(23,26)8)19-16-21(40-28(19)38-9)27(36)30(4,5)37/h11,13,15,19-21,23-24,26-28,36-37H,10,12,14,16-17H2,1-9H3/t19-,20-,21-,23+,24-,26+,27-,28+,31-,32+,33-/m0/s1. The summed E-state index contributed by atoms with van der Waals surface area (Å²) in [7, 11) is 1.65. The lowest BCUT2D eigenvalue weighted by molar-refractivity contribution is -0.193. The van der Waals surface area contributed by atoms with Crippen LogP contribution in [0.4, 0.5) is 0 Å². The van der Waals surface area contributed by atoms with Gasteiger partial charge >= 0.3 is 5.97 Å². The lowest BCUT2D eigenvalue weighted by Crippen LogP contribution is -2.64. The van der Waals surface area contributed by atoms with Crippen LogP contribution >= 0.6 is 0 Å². The van der Waals surface area contributed by atoms with E-state index in [2.05, 4.69) is 46.8 Å². The normalized spacial score (nSPS) is 46.7. The van der Waals surface area contributed by atoms with Crippen LogP contribution in [0, 0.1) is 45.3 Å². The zero-order valence-corrected chi connectivity index (χ0v) is 25.8. The summed E-state index contributed by atoms with van der Waals surface area (Å²) in [5.74, 6) is 0.442. The Morgan fingerprint density at radius 2 is 1.82 bits per heavy atom. The van der Waals surface area contributed by atoms with Gasteiger partial charge in [-0.05, 0) is 80.6 Å². The van der Waals surface area contributed by atoms with Crippen LogP contribution in [0.15, 0.2) is 23.8 Å². The van der Waals surface area contributed by atoms with Gasteiger partial charge in [-0.2, -0.15) is 0 Å². The van der Waals surface area contributed by atoms with Gasteiger partial charge < -0.3 is 24.4 Å². The molecule has 7 nitrogen and oxygen atoms in total. The second-order valence-corrected chi connectivity index (χ2v) is 15.2. The van der Waals surface area contributed by atoms with E-state index < -0.39 is 29.5 Å². The maximum atomic E-state index is 13.0. The average Bonchev–Trinajstić information content (AvgIpc) is 3.43. The first kappa shape index (κ1) is 29.9. The Kier molecular flexibility index (Phi) is 7.10. The van der Waals surface area contributed by atoms with E-state index in [1.807, 2.05) is 0 Å². The molecule has 4 aliphatic carbocycles. The third-order valence-electron chi connectivity index (χ3n) is 12.3. The molecule has 2 N–H and O–H groups in total. The van der Waals surface area contributed by atoms with Crippen molar-refractivity contribution in [2.75, 3.05) is 7.11 Å². The lowest BCUT2D eigenvalue weighted by Gasteiger charge is -2.66. The predicted octanol–water partition coefficient (Wildman–Crippen LogP) is 4.99. The summed E-state index contributed by atoms with van der Waals surface area (Å²) in [6.45, 7) is 15.8. The molecule has 0 aromatic rings. The monoisotopic (exact) mass is 558 g/mol. The van der Waals surface area contributed by atoms with Gasteiger partial charge in [-0.15, -0.1) is 0 Å². The van der Waals surface area contributed by atoms with Gasteiger partial charge in [0.1, 0.15) is 12.2 Å². The molecule has 5 aliphatic rings. The van der Waals surface area contributed by atoms with Crippen LogP contribution in [0.1, 0.15) is 87.5 Å². The van der Waals surface area contributed by atoms with E-state index >= 15 is 0 Å². The minimum atomic E-state index is -1.28. The van der Waals surface area contributed by atoms with E-state index in [0.717, 1.165) is 19.3 Å². The van der Waals surface area contributed by atoms with Crippen molar-refractivity contribution >= 4 is 11.8 Å². The molecule has 0 unspecified atom stereocenters. The van der Waals surface area contributed by atoms with E-state index in [-0.39, 0.29) is 57.8 Å². The average molecular weight is 559 g/mol. The zero-order valence-electron chi connectivity index (χ0n) is 25.8.